The van der Waals surface area contributed by atoms with Gasteiger partial charge in [0, 0.05) is 23.5 Å². The summed E-state index contributed by atoms with van der Waals surface area (Å²) >= 11 is 0. The highest BCUT2D eigenvalue weighted by atomic mass is 16.4. The Morgan fingerprint density at radius 3 is 2.13 bits per heavy atom. The maximum atomic E-state index is 13.1. The molecule has 0 aliphatic rings. The molecule has 1 heterocycles. The Hall–Kier alpha value is -4.22. The SMILES string of the molecule is CC(C)C(NC(=O)C(CO)NC(=O)C(N)Cc1ccccc1)C(=O)NC(Cc1c[nH]c2ccccc12)C(=O)O. The van der Waals surface area contributed by atoms with E-state index >= 15 is 0 Å². The third-order valence-corrected chi connectivity index (χ3v) is 6.41. The van der Waals surface area contributed by atoms with Crippen molar-refractivity contribution in [1.82, 2.24) is 20.9 Å². The summed E-state index contributed by atoms with van der Waals surface area (Å²) in [6.45, 7) is 2.64. The van der Waals surface area contributed by atoms with Crippen LogP contribution in [0.4, 0.5) is 0 Å². The Labute approximate surface area is 226 Å². The van der Waals surface area contributed by atoms with E-state index in [0.29, 0.717) is 0 Å². The van der Waals surface area contributed by atoms with Crippen LogP contribution in [0.3, 0.4) is 0 Å². The van der Waals surface area contributed by atoms with Gasteiger partial charge in [0.15, 0.2) is 0 Å². The molecular formula is C28H35N5O6. The number of fused-ring (bicyclic) bond motifs is 1. The number of nitrogens with one attached hydrogen (secondary N) is 4. The molecule has 3 aromatic rings. The first-order chi connectivity index (χ1) is 18.6. The largest absolute Gasteiger partial charge is 0.480 e. The van der Waals surface area contributed by atoms with E-state index in [1.165, 1.54) is 0 Å². The number of aliphatic hydroxyl groups is 1. The smallest absolute Gasteiger partial charge is 0.326 e. The fourth-order valence-electron chi connectivity index (χ4n) is 4.20. The fraction of sp³-hybridized carbons (Fsp3) is 0.357. The number of aliphatic carboxylic acids is 1. The maximum absolute atomic E-state index is 13.1. The Morgan fingerprint density at radius 2 is 1.49 bits per heavy atom. The number of hydrogen-bond donors (Lipinski definition) is 7. The number of nitrogens with two attached hydrogens (primary N) is 1. The number of aromatic nitrogens is 1. The van der Waals surface area contributed by atoms with Crippen LogP contribution in [0.5, 0.6) is 0 Å². The van der Waals surface area contributed by atoms with Crippen molar-refractivity contribution in [2.24, 2.45) is 11.7 Å². The number of carbonyl (C=O) groups is 4. The van der Waals surface area contributed by atoms with E-state index in [1.807, 2.05) is 54.6 Å². The third-order valence-electron chi connectivity index (χ3n) is 6.41. The molecule has 39 heavy (non-hydrogen) atoms. The van der Waals surface area contributed by atoms with E-state index in [9.17, 15) is 29.4 Å². The highest BCUT2D eigenvalue weighted by Gasteiger charge is 2.32. The van der Waals surface area contributed by atoms with E-state index in [0.717, 1.165) is 22.0 Å². The molecule has 0 aliphatic heterocycles. The van der Waals surface area contributed by atoms with Crippen molar-refractivity contribution in [2.75, 3.05) is 6.61 Å². The molecule has 0 fully saturated rings. The number of carboxylic acid groups (broad SMARTS) is 1. The standard InChI is InChI=1S/C28H35N5O6/c1-16(2)24(27(37)31-22(28(38)39)13-18-14-30-21-11-7-6-10-19(18)21)33-26(36)23(15-34)32-25(35)20(29)12-17-8-4-3-5-9-17/h3-11,14,16,20,22-24,30,34H,12-13,15,29H2,1-2H3,(H,31,37)(H,32,35)(H,33,36)(H,38,39). The van der Waals surface area contributed by atoms with Crippen molar-refractivity contribution in [1.29, 1.82) is 0 Å². The van der Waals surface area contributed by atoms with Gasteiger partial charge in [-0.05, 0) is 29.5 Å². The van der Waals surface area contributed by atoms with Crippen molar-refractivity contribution in [3.05, 3.63) is 71.9 Å². The van der Waals surface area contributed by atoms with Crippen LogP contribution in [0.1, 0.15) is 25.0 Å². The van der Waals surface area contributed by atoms with Crippen LogP contribution in [-0.2, 0) is 32.0 Å². The monoisotopic (exact) mass is 537 g/mol. The second-order valence-electron chi connectivity index (χ2n) is 9.73. The third kappa shape index (κ3) is 7.88. The van der Waals surface area contributed by atoms with Gasteiger partial charge in [-0.2, -0.15) is 0 Å². The summed E-state index contributed by atoms with van der Waals surface area (Å²) in [5, 5.41) is 27.8. The predicted molar refractivity (Wildman–Crippen MR) is 145 cm³/mol. The minimum atomic E-state index is -1.35. The van der Waals surface area contributed by atoms with Crippen LogP contribution in [-0.4, -0.2) is 69.7 Å². The number of benzene rings is 2. The van der Waals surface area contributed by atoms with Crippen LogP contribution in [0.25, 0.3) is 10.9 Å². The fourth-order valence-corrected chi connectivity index (χ4v) is 4.20. The number of aliphatic hydroxyl groups excluding tert-OH is 1. The lowest BCUT2D eigenvalue weighted by Crippen LogP contribution is -2.59. The zero-order valence-electron chi connectivity index (χ0n) is 21.9. The summed E-state index contributed by atoms with van der Waals surface area (Å²) < 4.78 is 0. The molecule has 0 bridgehead atoms. The summed E-state index contributed by atoms with van der Waals surface area (Å²) in [6.07, 6.45) is 1.96. The minimum Gasteiger partial charge on any atom is -0.480 e. The first-order valence-corrected chi connectivity index (χ1v) is 12.7. The number of amides is 3. The molecule has 4 unspecified atom stereocenters. The number of carboxylic acids is 1. The quantitative estimate of drug-likeness (QED) is 0.165. The normalized spacial score (nSPS) is 14.3. The number of hydrogen-bond acceptors (Lipinski definition) is 6. The zero-order chi connectivity index (χ0) is 28.5. The molecule has 0 saturated carbocycles. The second kappa shape index (κ2) is 13.5. The molecule has 0 aliphatic carbocycles. The molecule has 208 valence electrons. The van der Waals surface area contributed by atoms with Gasteiger partial charge in [-0.25, -0.2) is 4.79 Å². The van der Waals surface area contributed by atoms with E-state index < -0.39 is 60.4 Å². The molecule has 3 amide bonds. The summed E-state index contributed by atoms with van der Waals surface area (Å²) in [5.41, 5.74) is 8.38. The van der Waals surface area contributed by atoms with Gasteiger partial charge in [0.2, 0.25) is 17.7 Å². The van der Waals surface area contributed by atoms with Gasteiger partial charge in [0.25, 0.3) is 0 Å². The Kier molecular flexibility index (Phi) is 10.2. The van der Waals surface area contributed by atoms with Crippen LogP contribution in [0.15, 0.2) is 60.8 Å². The van der Waals surface area contributed by atoms with Gasteiger partial charge in [-0.3, -0.25) is 14.4 Å². The topological polar surface area (TPSA) is 187 Å². The summed E-state index contributed by atoms with van der Waals surface area (Å²) in [4.78, 5) is 53.6. The van der Waals surface area contributed by atoms with Gasteiger partial charge >= 0.3 is 5.97 Å². The average Bonchev–Trinajstić information content (AvgIpc) is 3.32. The van der Waals surface area contributed by atoms with Crippen LogP contribution >= 0.6 is 0 Å². The molecular weight excluding hydrogens is 502 g/mol. The van der Waals surface area contributed by atoms with Gasteiger partial charge < -0.3 is 36.9 Å². The Bertz CT molecular complexity index is 1290. The predicted octanol–water partition coefficient (Wildman–Crippen LogP) is 0.468. The van der Waals surface area contributed by atoms with Crippen molar-refractivity contribution in [3.63, 3.8) is 0 Å². The highest BCUT2D eigenvalue weighted by molar-refractivity contribution is 5.94. The summed E-state index contributed by atoms with van der Waals surface area (Å²) in [6, 6.07) is 11.8. The average molecular weight is 538 g/mol. The van der Waals surface area contributed by atoms with Crippen LogP contribution in [0.2, 0.25) is 0 Å². The van der Waals surface area contributed by atoms with Crippen LogP contribution < -0.4 is 21.7 Å². The zero-order valence-corrected chi connectivity index (χ0v) is 21.9. The first kappa shape index (κ1) is 29.3. The van der Waals surface area contributed by atoms with Gasteiger partial charge in [-0.15, -0.1) is 0 Å². The van der Waals surface area contributed by atoms with Crippen molar-refractivity contribution < 1.29 is 29.4 Å². The van der Waals surface area contributed by atoms with E-state index in [2.05, 4.69) is 20.9 Å². The molecule has 0 saturated heterocycles. The lowest BCUT2D eigenvalue weighted by molar-refractivity contribution is -0.142. The number of carbonyl (C=O) groups excluding carboxylic acids is 3. The minimum absolute atomic E-state index is 0.0263. The van der Waals surface area contributed by atoms with Crippen LogP contribution in [0, 0.1) is 5.92 Å². The molecule has 11 nitrogen and oxygen atoms in total. The molecule has 4 atom stereocenters. The molecule has 0 spiro atoms. The Balaban J connectivity index is 1.63. The number of rotatable bonds is 13. The maximum Gasteiger partial charge on any atom is 0.326 e. The summed E-state index contributed by atoms with van der Waals surface area (Å²) in [7, 11) is 0. The Morgan fingerprint density at radius 1 is 0.846 bits per heavy atom. The number of H-pyrrole nitrogens is 1. The highest BCUT2D eigenvalue weighted by Crippen LogP contribution is 2.19. The van der Waals surface area contributed by atoms with Crippen molar-refractivity contribution in [2.45, 2.75) is 50.9 Å². The first-order valence-electron chi connectivity index (χ1n) is 12.7. The van der Waals surface area contributed by atoms with Crippen molar-refractivity contribution in [3.8, 4) is 0 Å². The van der Waals surface area contributed by atoms with Gasteiger partial charge in [0.05, 0.1) is 12.6 Å². The molecule has 11 heteroatoms. The molecule has 3 rings (SSSR count). The summed E-state index contributed by atoms with van der Waals surface area (Å²) in [5.74, 6) is -3.78. The number of aromatic amines is 1. The van der Waals surface area contributed by atoms with E-state index in [1.54, 1.807) is 20.0 Å². The van der Waals surface area contributed by atoms with Crippen molar-refractivity contribution >= 4 is 34.6 Å². The second-order valence-corrected chi connectivity index (χ2v) is 9.73. The van der Waals surface area contributed by atoms with Gasteiger partial charge in [0.1, 0.15) is 18.1 Å². The lowest BCUT2D eigenvalue weighted by atomic mass is 10.0. The molecule has 0 radical (unpaired) electrons. The number of para-hydroxylation sites is 1. The molecule has 8 N–H and O–H groups in total. The van der Waals surface area contributed by atoms with Gasteiger partial charge in [-0.1, -0.05) is 62.4 Å². The lowest BCUT2D eigenvalue weighted by Gasteiger charge is -2.26. The molecule has 1 aromatic heterocycles. The van der Waals surface area contributed by atoms with E-state index in [-0.39, 0.29) is 12.8 Å². The molecule has 2 aromatic carbocycles. The van der Waals surface area contributed by atoms with E-state index in [4.69, 9.17) is 5.73 Å².